The van der Waals surface area contributed by atoms with E-state index in [1.165, 1.54) is 0 Å². The highest BCUT2D eigenvalue weighted by Gasteiger charge is 2.42. The van der Waals surface area contributed by atoms with Crippen molar-refractivity contribution in [3.05, 3.63) is 35.9 Å². The van der Waals surface area contributed by atoms with Gasteiger partial charge in [-0.25, -0.2) is 4.79 Å². The lowest BCUT2D eigenvalue weighted by molar-refractivity contribution is -0.148. The summed E-state index contributed by atoms with van der Waals surface area (Å²) in [6.07, 6.45) is 3.61. The number of nitrogens with one attached hydrogen (secondary N) is 1. The number of hydrogen-bond donors (Lipinski definition) is 2. The van der Waals surface area contributed by atoms with Crippen LogP contribution in [0.4, 0.5) is 0 Å². The number of rotatable bonds is 4. The van der Waals surface area contributed by atoms with E-state index in [9.17, 15) is 14.7 Å². The van der Waals surface area contributed by atoms with Gasteiger partial charge in [0.15, 0.2) is 6.10 Å². The van der Waals surface area contributed by atoms with Crippen molar-refractivity contribution >= 4 is 17.6 Å². The third-order valence-electron chi connectivity index (χ3n) is 4.57. The lowest BCUT2D eigenvalue weighted by atomic mass is 9.81. The second-order valence-electron chi connectivity index (χ2n) is 6.15. The first kappa shape index (κ1) is 15.5. The minimum absolute atomic E-state index is 0.255. The van der Waals surface area contributed by atoms with Crippen LogP contribution in [-0.4, -0.2) is 28.2 Å². The van der Waals surface area contributed by atoms with Crippen LogP contribution < -0.4 is 5.32 Å². The summed E-state index contributed by atoms with van der Waals surface area (Å²) >= 11 is 0. The van der Waals surface area contributed by atoms with Crippen LogP contribution in [0.15, 0.2) is 35.5 Å². The van der Waals surface area contributed by atoms with Crippen LogP contribution in [0.1, 0.15) is 50.2 Å². The van der Waals surface area contributed by atoms with Crippen LogP contribution >= 0.6 is 0 Å². The molecule has 0 radical (unpaired) electrons. The number of carbonyl (C=O) groups excluding carboxylic acids is 1. The molecule has 1 aliphatic carbocycles. The second kappa shape index (κ2) is 6.40. The zero-order valence-electron chi connectivity index (χ0n) is 12.8. The van der Waals surface area contributed by atoms with Gasteiger partial charge in [0.25, 0.3) is 5.91 Å². The molecule has 122 valence electrons. The molecule has 0 unspecified atom stereocenters. The van der Waals surface area contributed by atoms with Crippen molar-refractivity contribution in [2.45, 2.75) is 50.2 Å². The van der Waals surface area contributed by atoms with E-state index >= 15 is 0 Å². The highest BCUT2D eigenvalue weighted by atomic mass is 16.6. The first-order valence-corrected chi connectivity index (χ1v) is 7.94. The van der Waals surface area contributed by atoms with Gasteiger partial charge in [-0.15, -0.1) is 0 Å². The van der Waals surface area contributed by atoms with Gasteiger partial charge in [0, 0.05) is 6.42 Å². The highest BCUT2D eigenvalue weighted by molar-refractivity contribution is 6.39. The van der Waals surface area contributed by atoms with Gasteiger partial charge in [-0.1, -0.05) is 54.8 Å². The van der Waals surface area contributed by atoms with Crippen molar-refractivity contribution in [3.8, 4) is 0 Å². The molecule has 3 rings (SSSR count). The predicted molar refractivity (Wildman–Crippen MR) is 83.9 cm³/mol. The lowest BCUT2D eigenvalue weighted by Crippen LogP contribution is -2.57. The molecule has 1 aromatic rings. The fraction of sp³-hybridized carbons (Fsp3) is 0.471. The minimum atomic E-state index is -1.16. The maximum absolute atomic E-state index is 12.4. The second-order valence-corrected chi connectivity index (χ2v) is 6.15. The molecule has 0 spiro atoms. The van der Waals surface area contributed by atoms with Crippen LogP contribution in [0.5, 0.6) is 0 Å². The summed E-state index contributed by atoms with van der Waals surface area (Å²) in [6.45, 7) is 0. The van der Waals surface area contributed by atoms with Gasteiger partial charge >= 0.3 is 5.97 Å². The number of nitrogens with zero attached hydrogens (tertiary/aromatic N) is 1. The van der Waals surface area contributed by atoms with Crippen molar-refractivity contribution < 1.29 is 19.5 Å². The number of carboxylic acids is 1. The van der Waals surface area contributed by atoms with E-state index < -0.39 is 17.4 Å². The molecule has 6 nitrogen and oxygen atoms in total. The van der Waals surface area contributed by atoms with Crippen LogP contribution in [-0.2, 0) is 14.4 Å². The zero-order valence-corrected chi connectivity index (χ0v) is 12.8. The topological polar surface area (TPSA) is 88.0 Å². The van der Waals surface area contributed by atoms with E-state index in [0.717, 1.165) is 24.8 Å². The number of benzene rings is 1. The van der Waals surface area contributed by atoms with Crippen molar-refractivity contribution in [2.24, 2.45) is 5.16 Å². The Morgan fingerprint density at radius 1 is 1.17 bits per heavy atom. The molecule has 6 heteroatoms. The SMILES string of the molecule is O=C(NC1(C(=O)O)CCCCC1)C1=NO[C@H](c2ccccc2)C1. The number of carboxylic acid groups (broad SMARTS) is 1. The number of aliphatic carboxylic acids is 1. The summed E-state index contributed by atoms with van der Waals surface area (Å²) in [4.78, 5) is 29.4. The van der Waals surface area contributed by atoms with Crippen LogP contribution in [0.3, 0.4) is 0 Å². The molecule has 23 heavy (non-hydrogen) atoms. The van der Waals surface area contributed by atoms with Crippen LogP contribution in [0.25, 0.3) is 0 Å². The molecule has 1 aliphatic heterocycles. The quantitative estimate of drug-likeness (QED) is 0.893. The van der Waals surface area contributed by atoms with Gasteiger partial charge < -0.3 is 15.3 Å². The third-order valence-corrected chi connectivity index (χ3v) is 4.57. The molecular weight excluding hydrogens is 296 g/mol. The Labute approximate surface area is 134 Å². The Morgan fingerprint density at radius 3 is 2.52 bits per heavy atom. The molecule has 1 saturated carbocycles. The Balaban J connectivity index is 1.66. The number of oxime groups is 1. The molecule has 1 fully saturated rings. The summed E-state index contributed by atoms with van der Waals surface area (Å²) in [7, 11) is 0. The Morgan fingerprint density at radius 2 is 1.87 bits per heavy atom. The van der Waals surface area contributed by atoms with Crippen molar-refractivity contribution in [3.63, 3.8) is 0 Å². The number of carbonyl (C=O) groups is 2. The van der Waals surface area contributed by atoms with Crippen molar-refractivity contribution in [1.29, 1.82) is 0 Å². The molecule has 1 aromatic carbocycles. The van der Waals surface area contributed by atoms with Gasteiger partial charge in [-0.2, -0.15) is 0 Å². The Kier molecular flexibility index (Phi) is 4.32. The van der Waals surface area contributed by atoms with Gasteiger partial charge in [0.05, 0.1) is 0 Å². The van der Waals surface area contributed by atoms with Crippen molar-refractivity contribution in [1.82, 2.24) is 5.32 Å². The highest BCUT2D eigenvalue weighted by Crippen LogP contribution is 2.30. The average molecular weight is 316 g/mol. The fourth-order valence-corrected chi connectivity index (χ4v) is 3.20. The summed E-state index contributed by atoms with van der Waals surface area (Å²) in [5, 5.41) is 16.1. The summed E-state index contributed by atoms with van der Waals surface area (Å²) < 4.78 is 0. The third kappa shape index (κ3) is 3.21. The molecule has 1 amide bonds. The lowest BCUT2D eigenvalue weighted by Gasteiger charge is -2.33. The first-order valence-electron chi connectivity index (χ1n) is 7.94. The van der Waals surface area contributed by atoms with E-state index in [1.807, 2.05) is 30.3 Å². The number of amides is 1. The number of hydrogen-bond acceptors (Lipinski definition) is 4. The van der Waals surface area contributed by atoms with Crippen LogP contribution in [0.2, 0.25) is 0 Å². The molecule has 2 N–H and O–H groups in total. The zero-order chi connectivity index (χ0) is 16.3. The average Bonchev–Trinajstić information content (AvgIpc) is 3.06. The standard InChI is InChI=1S/C17H20N2O4/c20-15(18-17(16(21)22)9-5-2-6-10-17)13-11-14(23-19-13)12-7-3-1-4-8-12/h1,3-4,7-8,14H,2,5-6,9-11H2,(H,18,20)(H,21,22)/t14-/m0/s1. The molecule has 0 aromatic heterocycles. The van der Waals surface area contributed by atoms with Crippen LogP contribution in [0, 0.1) is 0 Å². The van der Waals surface area contributed by atoms with E-state index in [4.69, 9.17) is 4.84 Å². The summed E-state index contributed by atoms with van der Waals surface area (Å²) in [6, 6.07) is 9.55. The monoisotopic (exact) mass is 316 g/mol. The molecule has 0 bridgehead atoms. The largest absolute Gasteiger partial charge is 0.480 e. The molecular formula is C17H20N2O4. The summed E-state index contributed by atoms with van der Waals surface area (Å²) in [5.41, 5.74) is 0.0394. The maximum Gasteiger partial charge on any atom is 0.329 e. The molecule has 2 aliphatic rings. The van der Waals surface area contributed by atoms with E-state index in [0.29, 0.717) is 19.3 Å². The Bertz CT molecular complexity index is 621. The van der Waals surface area contributed by atoms with Gasteiger partial charge in [0.1, 0.15) is 11.3 Å². The van der Waals surface area contributed by atoms with Gasteiger partial charge in [-0.3, -0.25) is 4.79 Å². The smallest absolute Gasteiger partial charge is 0.329 e. The van der Waals surface area contributed by atoms with Gasteiger partial charge in [-0.05, 0) is 18.4 Å². The van der Waals surface area contributed by atoms with Crippen molar-refractivity contribution in [2.75, 3.05) is 0 Å². The fourth-order valence-electron chi connectivity index (χ4n) is 3.20. The molecule has 1 atom stereocenters. The minimum Gasteiger partial charge on any atom is -0.480 e. The molecule has 0 saturated heterocycles. The predicted octanol–water partition coefficient (Wildman–Crippen LogP) is 2.41. The van der Waals surface area contributed by atoms with Gasteiger partial charge in [0.2, 0.25) is 0 Å². The normalized spacial score (nSPS) is 22.8. The van der Waals surface area contributed by atoms with E-state index in [1.54, 1.807) is 0 Å². The van der Waals surface area contributed by atoms with E-state index in [-0.39, 0.29) is 11.8 Å². The van der Waals surface area contributed by atoms with E-state index in [2.05, 4.69) is 10.5 Å². The first-order chi connectivity index (χ1) is 11.1. The maximum atomic E-state index is 12.4. The summed E-state index contributed by atoms with van der Waals surface area (Å²) in [5.74, 6) is -1.41. The molecule has 1 heterocycles. The Hall–Kier alpha value is -2.37.